The lowest BCUT2D eigenvalue weighted by Crippen LogP contribution is -2.55. The van der Waals surface area contributed by atoms with Crippen molar-refractivity contribution in [2.45, 2.75) is 51.2 Å². The van der Waals surface area contributed by atoms with E-state index in [1.807, 2.05) is 32.9 Å². The summed E-state index contributed by atoms with van der Waals surface area (Å²) < 4.78 is 60.1. The van der Waals surface area contributed by atoms with Crippen molar-refractivity contribution in [3.05, 3.63) is 28.8 Å². The fraction of sp³-hybridized carbons (Fsp3) is 0.667. The molecule has 3 rings (SSSR count). The zero-order valence-corrected chi connectivity index (χ0v) is 18.0. The second kappa shape index (κ2) is 7.11. The van der Waals surface area contributed by atoms with Crippen LogP contribution in [0.25, 0.3) is 0 Å². The first-order chi connectivity index (χ1) is 12.5. The van der Waals surface area contributed by atoms with Crippen LogP contribution < -0.4 is 0 Å². The van der Waals surface area contributed by atoms with E-state index in [0.717, 1.165) is 16.7 Å². The second-order valence-electron chi connectivity index (χ2n) is 7.40. The van der Waals surface area contributed by atoms with Crippen molar-refractivity contribution in [2.75, 3.05) is 32.0 Å². The van der Waals surface area contributed by atoms with Crippen LogP contribution in [0.5, 0.6) is 0 Å². The van der Waals surface area contributed by atoms with Gasteiger partial charge in [0.1, 0.15) is 5.72 Å². The number of sulfonamides is 2. The summed E-state index contributed by atoms with van der Waals surface area (Å²) in [6.07, 6.45) is 0.685. The first kappa shape index (κ1) is 20.7. The molecule has 2 aliphatic rings. The van der Waals surface area contributed by atoms with Crippen molar-refractivity contribution < 1.29 is 21.6 Å². The molecule has 0 N–H and O–H groups in total. The van der Waals surface area contributed by atoms with Crippen LogP contribution in [0, 0.1) is 20.8 Å². The molecule has 2 fully saturated rings. The van der Waals surface area contributed by atoms with E-state index in [1.54, 1.807) is 6.92 Å². The Morgan fingerprint density at radius 2 is 1.56 bits per heavy atom. The van der Waals surface area contributed by atoms with Crippen LogP contribution in [0.4, 0.5) is 0 Å². The Morgan fingerprint density at radius 1 is 1.00 bits per heavy atom. The third-order valence-corrected chi connectivity index (χ3v) is 9.67. The van der Waals surface area contributed by atoms with Crippen LogP contribution in [0.2, 0.25) is 0 Å². The van der Waals surface area contributed by atoms with Gasteiger partial charge in [-0.1, -0.05) is 17.7 Å². The van der Waals surface area contributed by atoms with Gasteiger partial charge < -0.3 is 4.74 Å². The predicted octanol–water partition coefficient (Wildman–Crippen LogP) is 1.77. The zero-order valence-electron chi connectivity index (χ0n) is 16.4. The smallest absolute Gasteiger partial charge is 0.246 e. The topological polar surface area (TPSA) is 84.0 Å². The summed E-state index contributed by atoms with van der Waals surface area (Å²) in [4.78, 5) is 0.335. The Morgan fingerprint density at radius 3 is 2.07 bits per heavy atom. The van der Waals surface area contributed by atoms with Crippen LogP contribution in [0.15, 0.2) is 17.0 Å². The molecule has 0 aliphatic carbocycles. The van der Waals surface area contributed by atoms with Crippen LogP contribution in [-0.2, 0) is 24.8 Å². The Kier molecular flexibility index (Phi) is 5.46. The molecule has 1 aromatic rings. The summed E-state index contributed by atoms with van der Waals surface area (Å²) in [5, 5.41) is 0. The number of ether oxygens (including phenoxy) is 1. The van der Waals surface area contributed by atoms with Gasteiger partial charge in [-0.15, -0.1) is 0 Å². The molecular weight excluding hydrogens is 388 g/mol. The fourth-order valence-corrected chi connectivity index (χ4v) is 7.55. The molecule has 27 heavy (non-hydrogen) atoms. The molecule has 7 nitrogen and oxygen atoms in total. The van der Waals surface area contributed by atoms with Crippen molar-refractivity contribution in [1.82, 2.24) is 8.61 Å². The SMILES string of the molecule is CCS(=O)(=O)N1CCC2(CC1)OCCN2S(=O)(=O)c1c(C)cc(C)cc1C. The number of aryl methyl sites for hydroxylation is 3. The van der Waals surface area contributed by atoms with E-state index in [-0.39, 0.29) is 25.4 Å². The minimum absolute atomic E-state index is 0.0463. The van der Waals surface area contributed by atoms with Crippen LogP contribution >= 0.6 is 0 Å². The normalized spacial score (nSPS) is 21.8. The second-order valence-corrected chi connectivity index (χ2v) is 11.5. The van der Waals surface area contributed by atoms with Crippen molar-refractivity contribution in [2.24, 2.45) is 0 Å². The van der Waals surface area contributed by atoms with Gasteiger partial charge in [0.05, 0.1) is 17.3 Å². The highest BCUT2D eigenvalue weighted by Gasteiger charge is 2.51. The molecule has 0 atom stereocenters. The van der Waals surface area contributed by atoms with Gasteiger partial charge in [0.15, 0.2) is 0 Å². The molecule has 152 valence electrons. The van der Waals surface area contributed by atoms with Crippen LogP contribution in [-0.4, -0.2) is 63.2 Å². The van der Waals surface area contributed by atoms with Gasteiger partial charge in [-0.3, -0.25) is 0 Å². The molecule has 0 radical (unpaired) electrons. The quantitative estimate of drug-likeness (QED) is 0.747. The number of benzene rings is 1. The highest BCUT2D eigenvalue weighted by molar-refractivity contribution is 7.89. The van der Waals surface area contributed by atoms with Crippen molar-refractivity contribution in [3.63, 3.8) is 0 Å². The lowest BCUT2D eigenvalue weighted by Gasteiger charge is -2.42. The molecule has 9 heteroatoms. The highest BCUT2D eigenvalue weighted by atomic mass is 32.2. The van der Waals surface area contributed by atoms with Crippen molar-refractivity contribution in [1.29, 1.82) is 0 Å². The van der Waals surface area contributed by atoms with Gasteiger partial charge in [0.2, 0.25) is 20.0 Å². The lowest BCUT2D eigenvalue weighted by molar-refractivity contribution is -0.0806. The molecule has 1 spiro atoms. The van der Waals surface area contributed by atoms with Gasteiger partial charge >= 0.3 is 0 Å². The molecule has 2 aliphatic heterocycles. The van der Waals surface area contributed by atoms with Crippen molar-refractivity contribution >= 4 is 20.0 Å². The predicted molar refractivity (Wildman–Crippen MR) is 103 cm³/mol. The van der Waals surface area contributed by atoms with E-state index < -0.39 is 25.8 Å². The van der Waals surface area contributed by atoms with Gasteiger partial charge in [-0.05, 0) is 38.8 Å². The summed E-state index contributed by atoms with van der Waals surface area (Å²) in [5.41, 5.74) is 1.51. The minimum Gasteiger partial charge on any atom is -0.358 e. The fourth-order valence-electron chi connectivity index (χ4n) is 4.31. The van der Waals surface area contributed by atoms with Gasteiger partial charge in [0, 0.05) is 32.5 Å². The monoisotopic (exact) mass is 416 g/mol. The summed E-state index contributed by atoms with van der Waals surface area (Å²) in [6, 6.07) is 3.75. The van der Waals surface area contributed by atoms with Crippen LogP contribution in [0.3, 0.4) is 0 Å². The van der Waals surface area contributed by atoms with E-state index in [1.165, 1.54) is 8.61 Å². The zero-order chi connectivity index (χ0) is 20.0. The number of rotatable bonds is 4. The number of hydrogen-bond acceptors (Lipinski definition) is 5. The third-order valence-electron chi connectivity index (χ3n) is 5.53. The molecule has 2 saturated heterocycles. The highest BCUT2D eigenvalue weighted by Crippen LogP contribution is 2.40. The molecular formula is C18H28N2O5S2. The molecule has 0 saturated carbocycles. The number of nitrogens with zero attached hydrogens (tertiary/aromatic N) is 2. The minimum atomic E-state index is -3.74. The Hall–Kier alpha value is -1.00. The lowest BCUT2D eigenvalue weighted by atomic mass is 10.0. The molecule has 2 heterocycles. The van der Waals surface area contributed by atoms with Gasteiger partial charge in [-0.2, -0.15) is 4.31 Å². The average Bonchev–Trinajstić information content (AvgIpc) is 2.98. The van der Waals surface area contributed by atoms with Crippen molar-refractivity contribution in [3.8, 4) is 0 Å². The van der Waals surface area contributed by atoms with E-state index in [0.29, 0.717) is 24.3 Å². The molecule has 0 unspecified atom stereocenters. The number of hydrogen-bond donors (Lipinski definition) is 0. The maximum absolute atomic E-state index is 13.5. The largest absolute Gasteiger partial charge is 0.358 e. The summed E-state index contributed by atoms with van der Waals surface area (Å²) in [5.74, 6) is 0.0463. The summed E-state index contributed by atoms with van der Waals surface area (Å²) >= 11 is 0. The Bertz CT molecular complexity index is 909. The molecule has 0 aromatic heterocycles. The molecule has 1 aromatic carbocycles. The first-order valence-electron chi connectivity index (χ1n) is 9.26. The maximum atomic E-state index is 13.5. The number of piperidine rings is 1. The van der Waals surface area contributed by atoms with Crippen LogP contribution in [0.1, 0.15) is 36.5 Å². The molecule has 0 amide bonds. The Labute approximate surface area is 162 Å². The summed E-state index contributed by atoms with van der Waals surface area (Å²) in [7, 11) is -7.02. The summed E-state index contributed by atoms with van der Waals surface area (Å²) in [6.45, 7) is 8.34. The van der Waals surface area contributed by atoms with E-state index in [9.17, 15) is 16.8 Å². The first-order valence-corrected chi connectivity index (χ1v) is 12.3. The standard InChI is InChI=1S/C18H28N2O5S2/c1-5-26(21,22)19-8-6-18(7-9-19)20(10-11-25-18)27(23,24)17-15(3)12-14(2)13-16(17)4/h12-13H,5-11H2,1-4H3. The average molecular weight is 417 g/mol. The molecule has 0 bridgehead atoms. The third kappa shape index (κ3) is 3.55. The van der Waals surface area contributed by atoms with Gasteiger partial charge in [-0.25, -0.2) is 21.1 Å². The van der Waals surface area contributed by atoms with Gasteiger partial charge in [0.25, 0.3) is 0 Å². The van der Waals surface area contributed by atoms with E-state index in [4.69, 9.17) is 4.74 Å². The maximum Gasteiger partial charge on any atom is 0.246 e. The van der Waals surface area contributed by atoms with E-state index >= 15 is 0 Å². The Balaban J connectivity index is 1.94. The van der Waals surface area contributed by atoms with E-state index in [2.05, 4.69) is 0 Å².